The molecule has 28 heavy (non-hydrogen) atoms. The fourth-order valence-corrected chi connectivity index (χ4v) is 6.27. The summed E-state index contributed by atoms with van der Waals surface area (Å²) in [6.07, 6.45) is 14.8. The van der Waals surface area contributed by atoms with Crippen LogP contribution >= 0.6 is 0 Å². The van der Waals surface area contributed by atoms with Crippen LogP contribution in [0, 0.1) is 23.2 Å². The van der Waals surface area contributed by atoms with E-state index in [9.17, 15) is 4.79 Å². The van der Waals surface area contributed by atoms with E-state index < -0.39 is 0 Å². The number of hydrogen-bond acceptors (Lipinski definition) is 4. The van der Waals surface area contributed by atoms with Gasteiger partial charge in [0.1, 0.15) is 12.7 Å². The molecule has 0 radical (unpaired) electrons. The van der Waals surface area contributed by atoms with Crippen molar-refractivity contribution in [3.8, 4) is 5.82 Å². The Balaban J connectivity index is 1.28. The van der Waals surface area contributed by atoms with Crippen molar-refractivity contribution in [2.24, 2.45) is 23.2 Å². The highest BCUT2D eigenvalue weighted by molar-refractivity contribution is 5.88. The summed E-state index contributed by atoms with van der Waals surface area (Å²) in [6, 6.07) is 3.83. The van der Waals surface area contributed by atoms with E-state index in [0.29, 0.717) is 12.4 Å². The molecule has 4 fully saturated rings. The van der Waals surface area contributed by atoms with Crippen molar-refractivity contribution in [3.05, 3.63) is 48.2 Å². The van der Waals surface area contributed by atoms with E-state index in [1.807, 2.05) is 18.2 Å². The van der Waals surface area contributed by atoms with Crippen molar-refractivity contribution in [3.63, 3.8) is 0 Å². The molecule has 0 aliphatic heterocycles. The number of carbonyl (C=O) groups is 1. The topological polar surface area (TPSA) is 72.7 Å². The number of allylic oxidation sites excluding steroid dienone is 1. The van der Waals surface area contributed by atoms with Crippen molar-refractivity contribution in [2.75, 3.05) is 0 Å². The van der Waals surface area contributed by atoms with E-state index in [2.05, 4.69) is 27.3 Å². The molecule has 1 amide bonds. The molecule has 2 aromatic rings. The summed E-state index contributed by atoms with van der Waals surface area (Å²) in [6.45, 7) is 2.60. The molecular formula is C22H27N5O. The first-order valence-corrected chi connectivity index (χ1v) is 10.4. The number of carbonyl (C=O) groups excluding carboxylic acids is 1. The molecule has 0 unspecified atom stereocenters. The summed E-state index contributed by atoms with van der Waals surface area (Å²) in [4.78, 5) is 21.0. The fraction of sp³-hybridized carbons (Fsp3) is 0.545. The molecule has 0 atom stereocenters. The van der Waals surface area contributed by atoms with Crippen LogP contribution in [0.1, 0.15) is 51.0 Å². The van der Waals surface area contributed by atoms with Crippen molar-refractivity contribution in [2.45, 2.75) is 52.0 Å². The third-order valence-electron chi connectivity index (χ3n) is 7.18. The largest absolute Gasteiger partial charge is 0.348 e. The minimum Gasteiger partial charge on any atom is -0.348 e. The fourth-order valence-electron chi connectivity index (χ4n) is 6.27. The number of rotatable bonds is 5. The van der Waals surface area contributed by atoms with Gasteiger partial charge in [0.2, 0.25) is 5.91 Å². The minimum atomic E-state index is -0.0124. The van der Waals surface area contributed by atoms with Gasteiger partial charge in [-0.25, -0.2) is 14.6 Å². The Morgan fingerprint density at radius 2 is 1.96 bits per heavy atom. The molecule has 4 bridgehead atoms. The van der Waals surface area contributed by atoms with Gasteiger partial charge in [-0.15, -0.1) is 0 Å². The van der Waals surface area contributed by atoms with Crippen LogP contribution in [0.4, 0.5) is 0 Å². The van der Waals surface area contributed by atoms with E-state index in [-0.39, 0.29) is 11.3 Å². The Bertz CT molecular complexity index is 866. The molecule has 4 saturated carbocycles. The summed E-state index contributed by atoms with van der Waals surface area (Å²) in [5, 5.41) is 7.19. The molecule has 6 heteroatoms. The Hall–Kier alpha value is -2.50. The molecular weight excluding hydrogens is 350 g/mol. The zero-order valence-electron chi connectivity index (χ0n) is 16.3. The SMILES string of the molecule is C/C(=C\C(=O)NCc1cccnc1-n1cncn1)C12CC3CC(CC(C3)C1)C2. The zero-order chi connectivity index (χ0) is 19.1. The number of nitrogens with zero attached hydrogens (tertiary/aromatic N) is 4. The average Bonchev–Trinajstić information content (AvgIpc) is 3.20. The second kappa shape index (κ2) is 6.83. The minimum absolute atomic E-state index is 0.0124. The third kappa shape index (κ3) is 3.15. The van der Waals surface area contributed by atoms with E-state index in [1.165, 1.54) is 50.4 Å². The lowest BCUT2D eigenvalue weighted by Crippen LogP contribution is -2.46. The van der Waals surface area contributed by atoms with Gasteiger partial charge in [0.05, 0.1) is 0 Å². The smallest absolute Gasteiger partial charge is 0.244 e. The van der Waals surface area contributed by atoms with Crippen LogP contribution in [0.3, 0.4) is 0 Å². The van der Waals surface area contributed by atoms with E-state index in [4.69, 9.17) is 0 Å². The number of hydrogen-bond donors (Lipinski definition) is 1. The third-order valence-corrected chi connectivity index (χ3v) is 7.18. The van der Waals surface area contributed by atoms with Gasteiger partial charge in [-0.2, -0.15) is 5.10 Å². The highest BCUT2D eigenvalue weighted by Crippen LogP contribution is 2.62. The molecule has 2 aromatic heterocycles. The van der Waals surface area contributed by atoms with Gasteiger partial charge in [-0.3, -0.25) is 4.79 Å². The molecule has 0 aromatic carbocycles. The second-order valence-electron chi connectivity index (χ2n) is 9.07. The lowest BCUT2D eigenvalue weighted by Gasteiger charge is -2.57. The first-order valence-electron chi connectivity index (χ1n) is 10.4. The molecule has 6 nitrogen and oxygen atoms in total. The summed E-state index contributed by atoms with van der Waals surface area (Å²) in [5.41, 5.74) is 2.49. The van der Waals surface area contributed by atoms with Gasteiger partial charge < -0.3 is 5.32 Å². The number of amides is 1. The molecule has 2 heterocycles. The predicted octanol–water partition coefficient (Wildman–Crippen LogP) is 3.44. The molecule has 4 aliphatic carbocycles. The van der Waals surface area contributed by atoms with Crippen molar-refractivity contribution < 1.29 is 4.79 Å². The number of aromatic nitrogens is 4. The molecule has 1 N–H and O–H groups in total. The lowest BCUT2D eigenvalue weighted by molar-refractivity contribution is -0.116. The van der Waals surface area contributed by atoms with Gasteiger partial charge >= 0.3 is 0 Å². The number of pyridine rings is 1. The standard InChI is InChI=1S/C22H27N5O/c1-15(22-9-16-6-17(10-22)8-18(7-16)11-22)5-20(28)25-12-19-3-2-4-24-21(19)27-14-23-13-26-27/h2-5,13-14,16-18H,6-12H2,1H3,(H,25,28)/b15-5+. The lowest BCUT2D eigenvalue weighted by atomic mass is 9.48. The maximum Gasteiger partial charge on any atom is 0.244 e. The highest BCUT2D eigenvalue weighted by Gasteiger charge is 2.51. The quantitative estimate of drug-likeness (QED) is 0.810. The van der Waals surface area contributed by atoms with Gasteiger partial charge in [0.15, 0.2) is 5.82 Å². The van der Waals surface area contributed by atoms with Crippen LogP contribution in [-0.2, 0) is 11.3 Å². The number of nitrogens with one attached hydrogen (secondary N) is 1. The summed E-state index contributed by atoms with van der Waals surface area (Å²) >= 11 is 0. The van der Waals surface area contributed by atoms with Crippen LogP contribution < -0.4 is 5.32 Å². The van der Waals surface area contributed by atoms with E-state index >= 15 is 0 Å². The highest BCUT2D eigenvalue weighted by atomic mass is 16.1. The van der Waals surface area contributed by atoms with Crippen LogP contribution in [0.2, 0.25) is 0 Å². The van der Waals surface area contributed by atoms with Gasteiger partial charge in [0.25, 0.3) is 0 Å². The monoisotopic (exact) mass is 377 g/mol. The van der Waals surface area contributed by atoms with Crippen LogP contribution in [0.15, 0.2) is 42.6 Å². The normalized spacial score (nSPS) is 31.2. The molecule has 4 aliphatic rings. The van der Waals surface area contributed by atoms with Gasteiger partial charge in [-0.05, 0) is 74.7 Å². The summed E-state index contributed by atoms with van der Waals surface area (Å²) < 4.78 is 1.62. The van der Waals surface area contributed by atoms with Crippen molar-refractivity contribution >= 4 is 5.91 Å². The Kier molecular flexibility index (Phi) is 4.29. The Morgan fingerprint density at radius 1 is 1.25 bits per heavy atom. The maximum atomic E-state index is 12.7. The summed E-state index contributed by atoms with van der Waals surface area (Å²) in [5.74, 6) is 3.35. The van der Waals surface area contributed by atoms with Crippen LogP contribution in [0.25, 0.3) is 5.82 Å². The maximum absolute atomic E-state index is 12.7. The summed E-state index contributed by atoms with van der Waals surface area (Å²) in [7, 11) is 0. The molecule has 0 spiro atoms. The second-order valence-corrected chi connectivity index (χ2v) is 9.07. The first kappa shape index (κ1) is 17.6. The average molecular weight is 377 g/mol. The van der Waals surface area contributed by atoms with Crippen molar-refractivity contribution in [1.82, 2.24) is 25.1 Å². The Morgan fingerprint density at radius 3 is 2.61 bits per heavy atom. The van der Waals surface area contributed by atoms with Gasteiger partial charge in [0, 0.05) is 24.4 Å². The van der Waals surface area contributed by atoms with E-state index in [0.717, 1.165) is 23.3 Å². The first-order chi connectivity index (χ1) is 13.6. The molecule has 6 rings (SSSR count). The van der Waals surface area contributed by atoms with Gasteiger partial charge in [-0.1, -0.05) is 11.6 Å². The van der Waals surface area contributed by atoms with Crippen molar-refractivity contribution in [1.29, 1.82) is 0 Å². The van der Waals surface area contributed by atoms with E-state index in [1.54, 1.807) is 17.2 Å². The van der Waals surface area contributed by atoms with Crippen LogP contribution in [0.5, 0.6) is 0 Å². The zero-order valence-corrected chi connectivity index (χ0v) is 16.3. The predicted molar refractivity (Wildman–Crippen MR) is 105 cm³/mol. The molecule has 0 saturated heterocycles. The molecule has 146 valence electrons. The Labute approximate surface area is 165 Å². The van der Waals surface area contributed by atoms with Crippen LogP contribution in [-0.4, -0.2) is 25.7 Å².